The zero-order chi connectivity index (χ0) is 25.4. The molecule has 0 saturated carbocycles. The lowest BCUT2D eigenvalue weighted by molar-refractivity contribution is -0.141. The van der Waals surface area contributed by atoms with E-state index in [1.807, 2.05) is 49.4 Å². The molecule has 188 valence electrons. The number of benzene rings is 2. The number of carbonyl (C=O) groups is 1. The first-order valence-electron chi connectivity index (χ1n) is 11.8. The first-order valence-corrected chi connectivity index (χ1v) is 13.4. The number of thiazole rings is 1. The van der Waals surface area contributed by atoms with Gasteiger partial charge in [0.2, 0.25) is 0 Å². The number of thiocarbonyl (C=S) groups is 1. The Morgan fingerprint density at radius 2 is 1.91 bits per heavy atom. The van der Waals surface area contributed by atoms with Crippen LogP contribution in [0.25, 0.3) is 10.2 Å². The second-order valence-electron chi connectivity index (χ2n) is 8.48. The van der Waals surface area contributed by atoms with Crippen LogP contribution in [0.3, 0.4) is 0 Å². The number of carbonyl (C=O) groups excluding carboxylic acids is 1. The van der Waals surface area contributed by atoms with E-state index in [2.05, 4.69) is 24.1 Å². The maximum absolute atomic E-state index is 12.0. The van der Waals surface area contributed by atoms with Gasteiger partial charge in [0.05, 0.1) is 34.5 Å². The van der Waals surface area contributed by atoms with Crippen LogP contribution in [0, 0.1) is 5.92 Å². The molecule has 0 bridgehead atoms. The van der Waals surface area contributed by atoms with Crippen LogP contribution in [0.4, 0.5) is 5.13 Å². The fraction of sp³-hybridized carbons (Fsp3) is 0.423. The van der Waals surface area contributed by atoms with Crippen molar-refractivity contribution in [1.29, 1.82) is 0 Å². The number of esters is 1. The minimum absolute atomic E-state index is 0.0353. The van der Waals surface area contributed by atoms with Crippen LogP contribution in [0.1, 0.15) is 39.7 Å². The molecule has 0 aliphatic rings. The lowest BCUT2D eigenvalue weighted by atomic mass is 10.0. The Morgan fingerprint density at radius 1 is 1.17 bits per heavy atom. The molecule has 1 aromatic heterocycles. The zero-order valence-electron chi connectivity index (χ0n) is 20.5. The molecule has 0 aliphatic heterocycles. The summed E-state index contributed by atoms with van der Waals surface area (Å²) in [5.74, 6) is 0.865. The van der Waals surface area contributed by atoms with Crippen molar-refractivity contribution in [2.24, 2.45) is 5.92 Å². The summed E-state index contributed by atoms with van der Waals surface area (Å²) < 4.78 is 11.8. The van der Waals surface area contributed by atoms with Gasteiger partial charge >= 0.3 is 5.97 Å². The molecular formula is C26H32ClN3O3S2. The third-order valence-electron chi connectivity index (χ3n) is 5.26. The van der Waals surface area contributed by atoms with Crippen LogP contribution in [0.15, 0.2) is 42.5 Å². The number of halogens is 1. The normalized spacial score (nSPS) is 11.9. The fourth-order valence-electron chi connectivity index (χ4n) is 3.68. The number of rotatable bonds is 12. The highest BCUT2D eigenvalue weighted by molar-refractivity contribution is 7.80. The Kier molecular flexibility index (Phi) is 10.1. The summed E-state index contributed by atoms with van der Waals surface area (Å²) in [4.78, 5) is 19.7. The van der Waals surface area contributed by atoms with Crippen LogP contribution >= 0.6 is 35.2 Å². The minimum Gasteiger partial charge on any atom is -0.494 e. The van der Waals surface area contributed by atoms with Crippen LogP contribution in [-0.4, -0.2) is 41.7 Å². The first-order chi connectivity index (χ1) is 16.8. The summed E-state index contributed by atoms with van der Waals surface area (Å²) in [6, 6.07) is 13.6. The number of fused-ring (bicyclic) bond motifs is 1. The highest BCUT2D eigenvalue weighted by Crippen LogP contribution is 2.34. The Bertz CT molecular complexity index is 1130. The third-order valence-corrected chi connectivity index (χ3v) is 6.98. The van der Waals surface area contributed by atoms with Gasteiger partial charge < -0.3 is 19.7 Å². The second kappa shape index (κ2) is 13.0. The maximum atomic E-state index is 12.0. The van der Waals surface area contributed by atoms with Gasteiger partial charge in [0.15, 0.2) is 5.13 Å². The molecule has 0 saturated heterocycles. The van der Waals surface area contributed by atoms with Crippen molar-refractivity contribution in [1.82, 2.24) is 10.3 Å². The Balaban J connectivity index is 1.98. The van der Waals surface area contributed by atoms with Crippen LogP contribution in [0.2, 0.25) is 5.02 Å². The van der Waals surface area contributed by atoms with Gasteiger partial charge in [0.25, 0.3) is 0 Å². The van der Waals surface area contributed by atoms with Crippen LogP contribution < -0.4 is 15.0 Å². The number of hydrogen-bond donors (Lipinski definition) is 1. The Hall–Kier alpha value is -2.42. The van der Waals surface area contributed by atoms with Gasteiger partial charge in [-0.15, -0.1) is 0 Å². The standard InChI is InChI=1S/C26H32ClN3O3S2/c1-5-32-20-11-12-21-23(14-20)35-26(29-21)30(16-18-7-9-19(27)10-8-18)22(13-17(3)4)25(34)28-15-24(31)33-6-2/h7-12,14,17,22H,5-6,13,15-16H2,1-4H3,(H,28,34). The van der Waals surface area contributed by atoms with E-state index in [0.29, 0.717) is 35.7 Å². The number of hydrogen-bond acceptors (Lipinski definition) is 7. The van der Waals surface area contributed by atoms with Gasteiger partial charge in [-0.1, -0.05) is 61.1 Å². The largest absolute Gasteiger partial charge is 0.494 e. The van der Waals surface area contributed by atoms with E-state index < -0.39 is 0 Å². The molecular weight excluding hydrogens is 502 g/mol. The highest BCUT2D eigenvalue weighted by Gasteiger charge is 2.27. The van der Waals surface area contributed by atoms with Crippen molar-refractivity contribution in [2.45, 2.75) is 46.7 Å². The molecule has 1 heterocycles. The molecule has 0 spiro atoms. The molecule has 6 nitrogen and oxygen atoms in total. The Labute approximate surface area is 221 Å². The summed E-state index contributed by atoms with van der Waals surface area (Å²) in [5.41, 5.74) is 1.99. The summed E-state index contributed by atoms with van der Waals surface area (Å²) in [5, 5.41) is 4.67. The predicted molar refractivity (Wildman–Crippen MR) is 149 cm³/mol. The van der Waals surface area contributed by atoms with E-state index in [4.69, 9.17) is 38.3 Å². The molecule has 0 aliphatic carbocycles. The van der Waals surface area contributed by atoms with Gasteiger partial charge in [-0.3, -0.25) is 4.79 Å². The third kappa shape index (κ3) is 7.78. The summed E-state index contributed by atoms with van der Waals surface area (Å²) in [7, 11) is 0. The molecule has 0 radical (unpaired) electrons. The van der Waals surface area contributed by atoms with E-state index in [9.17, 15) is 4.79 Å². The average Bonchev–Trinajstić information content (AvgIpc) is 3.24. The minimum atomic E-state index is -0.328. The van der Waals surface area contributed by atoms with E-state index in [1.54, 1.807) is 18.3 Å². The highest BCUT2D eigenvalue weighted by atomic mass is 35.5. The van der Waals surface area contributed by atoms with Crippen molar-refractivity contribution in [3.8, 4) is 5.75 Å². The molecule has 3 aromatic rings. The van der Waals surface area contributed by atoms with E-state index in [1.165, 1.54) is 0 Å². The van der Waals surface area contributed by atoms with E-state index >= 15 is 0 Å². The number of nitrogens with one attached hydrogen (secondary N) is 1. The van der Waals surface area contributed by atoms with Gasteiger partial charge in [0, 0.05) is 11.6 Å². The van der Waals surface area contributed by atoms with Gasteiger partial charge in [-0.2, -0.15) is 0 Å². The molecule has 1 atom stereocenters. The van der Waals surface area contributed by atoms with Crippen LogP contribution in [0.5, 0.6) is 5.75 Å². The van der Waals surface area contributed by atoms with Crippen molar-refractivity contribution >= 4 is 61.5 Å². The van der Waals surface area contributed by atoms with E-state index in [-0.39, 0.29) is 18.6 Å². The Morgan fingerprint density at radius 3 is 2.57 bits per heavy atom. The van der Waals surface area contributed by atoms with Gasteiger partial charge in [-0.05, 0) is 62.1 Å². The average molecular weight is 534 g/mol. The molecule has 35 heavy (non-hydrogen) atoms. The van der Waals surface area contributed by atoms with E-state index in [0.717, 1.165) is 33.1 Å². The topological polar surface area (TPSA) is 63.7 Å². The number of aromatic nitrogens is 1. The van der Waals surface area contributed by atoms with Gasteiger partial charge in [-0.25, -0.2) is 4.98 Å². The SMILES string of the molecule is CCOC(=O)CNC(=S)C(CC(C)C)N(Cc1ccc(Cl)cc1)c1nc2ccc(OCC)cc2s1. The summed E-state index contributed by atoms with van der Waals surface area (Å²) >= 11 is 13.6. The van der Waals surface area contributed by atoms with Crippen LogP contribution in [-0.2, 0) is 16.1 Å². The van der Waals surface area contributed by atoms with Crippen molar-refractivity contribution in [3.63, 3.8) is 0 Å². The van der Waals surface area contributed by atoms with Crippen molar-refractivity contribution < 1.29 is 14.3 Å². The first kappa shape index (κ1) is 27.2. The zero-order valence-corrected chi connectivity index (χ0v) is 22.9. The molecule has 1 unspecified atom stereocenters. The molecule has 0 fully saturated rings. The smallest absolute Gasteiger partial charge is 0.325 e. The van der Waals surface area contributed by atoms with Crippen molar-refractivity contribution in [3.05, 3.63) is 53.1 Å². The molecule has 9 heteroatoms. The molecule has 3 rings (SSSR count). The van der Waals surface area contributed by atoms with Gasteiger partial charge in [0.1, 0.15) is 12.3 Å². The number of anilines is 1. The molecule has 2 aromatic carbocycles. The second-order valence-corrected chi connectivity index (χ2v) is 10.4. The number of nitrogens with zero attached hydrogens (tertiary/aromatic N) is 2. The predicted octanol–water partition coefficient (Wildman–Crippen LogP) is 6.25. The fourth-order valence-corrected chi connectivity index (χ4v) is 5.15. The monoisotopic (exact) mass is 533 g/mol. The lowest BCUT2D eigenvalue weighted by Crippen LogP contribution is -2.48. The summed E-state index contributed by atoms with van der Waals surface area (Å²) in [6.07, 6.45) is 0.794. The van der Waals surface area contributed by atoms with Crippen molar-refractivity contribution in [2.75, 3.05) is 24.7 Å². The molecule has 1 N–H and O–H groups in total. The molecule has 0 amide bonds. The quantitative estimate of drug-likeness (QED) is 0.218. The summed E-state index contributed by atoms with van der Waals surface area (Å²) in [6.45, 7) is 9.65. The maximum Gasteiger partial charge on any atom is 0.325 e. The lowest BCUT2D eigenvalue weighted by Gasteiger charge is -2.33. The number of ether oxygens (including phenoxy) is 2.